The number of aromatic nitrogens is 1. The van der Waals surface area contributed by atoms with Gasteiger partial charge in [0.1, 0.15) is 23.6 Å². The van der Waals surface area contributed by atoms with Gasteiger partial charge in [-0.15, -0.1) is 0 Å². The maximum Gasteiger partial charge on any atom is 0.272 e. The monoisotopic (exact) mass is 420 g/mol. The van der Waals surface area contributed by atoms with E-state index in [1.54, 1.807) is 10.6 Å². The molecule has 0 unspecified atom stereocenters. The molecule has 3 aromatic rings. The van der Waals surface area contributed by atoms with E-state index in [1.165, 1.54) is 16.9 Å². The summed E-state index contributed by atoms with van der Waals surface area (Å²) in [5.41, 5.74) is 3.76. The van der Waals surface area contributed by atoms with Gasteiger partial charge in [0, 0.05) is 16.9 Å². The van der Waals surface area contributed by atoms with Gasteiger partial charge in [-0.2, -0.15) is 0 Å². The van der Waals surface area contributed by atoms with Crippen molar-refractivity contribution in [2.75, 3.05) is 23.5 Å². The lowest BCUT2D eigenvalue weighted by atomic mass is 10.1. The molecule has 0 bridgehead atoms. The fraction of sp³-hybridized carbons (Fsp3) is 0.227. The number of ether oxygens (including phenoxy) is 1. The number of rotatable bonds is 3. The maximum absolute atomic E-state index is 13.3. The van der Waals surface area contributed by atoms with Crippen molar-refractivity contribution in [3.05, 3.63) is 73.3 Å². The van der Waals surface area contributed by atoms with E-state index in [1.807, 2.05) is 55.1 Å². The number of hydrogen-bond acceptors (Lipinski definition) is 6. The molecule has 0 saturated heterocycles. The quantitative estimate of drug-likeness (QED) is 0.701. The Balaban J connectivity index is 1.62. The van der Waals surface area contributed by atoms with E-state index in [4.69, 9.17) is 4.74 Å². The minimum absolute atomic E-state index is 0.199. The molecule has 0 saturated carbocycles. The molecule has 30 heavy (non-hydrogen) atoms. The second-order valence-corrected chi connectivity index (χ2v) is 8.21. The third kappa shape index (κ3) is 3.00. The summed E-state index contributed by atoms with van der Waals surface area (Å²) < 4.78 is 7.62. The first-order valence-corrected chi connectivity index (χ1v) is 10.6. The summed E-state index contributed by atoms with van der Waals surface area (Å²) in [5.74, 6) is 0.396. The zero-order valence-electron chi connectivity index (χ0n) is 16.6. The molecule has 0 aliphatic carbocycles. The molecule has 5 rings (SSSR count). The standard InChI is InChI=1S/C22H20N4O3S/c1-3-29-15-8-9-17-16(10-15)18(20(27)24-17)19-21(28)26-12-25(11-23-22(26)30-19)14-6-4-13(2)5-7-14/h4-10H,3,11-12H2,1-2H3,(H,24,27)/b19-18-. The Morgan fingerprint density at radius 3 is 2.73 bits per heavy atom. The van der Waals surface area contributed by atoms with Crippen LogP contribution in [0.5, 0.6) is 5.75 Å². The van der Waals surface area contributed by atoms with Crippen LogP contribution in [0, 0.1) is 6.92 Å². The molecule has 0 spiro atoms. The summed E-state index contributed by atoms with van der Waals surface area (Å²) in [4.78, 5) is 33.2. The molecule has 0 atom stereocenters. The minimum Gasteiger partial charge on any atom is -0.494 e. The lowest BCUT2D eigenvalue weighted by molar-refractivity contribution is -0.110. The maximum atomic E-state index is 13.3. The second-order valence-electron chi connectivity index (χ2n) is 7.23. The Labute approximate surface area is 176 Å². The summed E-state index contributed by atoms with van der Waals surface area (Å²) in [6, 6.07) is 13.6. The van der Waals surface area contributed by atoms with Crippen LogP contribution in [0.4, 0.5) is 11.4 Å². The van der Waals surface area contributed by atoms with E-state index in [0.717, 1.165) is 5.69 Å². The lowest BCUT2D eigenvalue weighted by Crippen LogP contribution is -2.43. The van der Waals surface area contributed by atoms with Crippen molar-refractivity contribution in [3.8, 4) is 5.75 Å². The molecular weight excluding hydrogens is 400 g/mol. The van der Waals surface area contributed by atoms with Crippen molar-refractivity contribution in [2.24, 2.45) is 4.99 Å². The van der Waals surface area contributed by atoms with Crippen molar-refractivity contribution < 1.29 is 9.53 Å². The van der Waals surface area contributed by atoms with E-state index < -0.39 is 0 Å². The van der Waals surface area contributed by atoms with Crippen molar-refractivity contribution in [3.63, 3.8) is 0 Å². The third-order valence-electron chi connectivity index (χ3n) is 5.23. The largest absolute Gasteiger partial charge is 0.494 e. The van der Waals surface area contributed by atoms with Gasteiger partial charge in [-0.05, 0) is 44.2 Å². The van der Waals surface area contributed by atoms with Gasteiger partial charge in [-0.25, -0.2) is 4.99 Å². The van der Waals surface area contributed by atoms with E-state index in [2.05, 4.69) is 10.3 Å². The molecule has 3 heterocycles. The molecule has 2 aliphatic heterocycles. The van der Waals surface area contributed by atoms with Crippen LogP contribution in [0.15, 0.2) is 52.3 Å². The Hall–Kier alpha value is -3.39. The topological polar surface area (TPSA) is 75.9 Å². The van der Waals surface area contributed by atoms with Crippen LogP contribution in [0.3, 0.4) is 0 Å². The molecular formula is C22H20N4O3S. The number of aryl methyl sites for hydroxylation is 1. The summed E-state index contributed by atoms with van der Waals surface area (Å²) >= 11 is 1.26. The third-order valence-corrected chi connectivity index (χ3v) is 6.34. The number of carbonyl (C=O) groups excluding carboxylic acids is 1. The van der Waals surface area contributed by atoms with Crippen LogP contribution < -0.4 is 29.8 Å². The van der Waals surface area contributed by atoms with Gasteiger partial charge in [0.05, 0.1) is 12.2 Å². The molecule has 0 radical (unpaired) electrons. The Bertz CT molecular complexity index is 1340. The zero-order valence-corrected chi connectivity index (χ0v) is 17.5. The number of hydrogen-bond donors (Lipinski definition) is 1. The highest BCUT2D eigenvalue weighted by Crippen LogP contribution is 2.33. The first-order chi connectivity index (χ1) is 14.5. The predicted molar refractivity (Wildman–Crippen MR) is 117 cm³/mol. The highest BCUT2D eigenvalue weighted by molar-refractivity contribution is 7.07. The van der Waals surface area contributed by atoms with E-state index in [9.17, 15) is 9.59 Å². The highest BCUT2D eigenvalue weighted by Gasteiger charge is 2.28. The number of anilines is 2. The molecule has 1 aromatic heterocycles. The molecule has 2 aliphatic rings. The van der Waals surface area contributed by atoms with Crippen LogP contribution in [0.2, 0.25) is 0 Å². The summed E-state index contributed by atoms with van der Waals surface area (Å²) in [5, 5.41) is 2.85. The van der Waals surface area contributed by atoms with Crippen LogP contribution >= 0.6 is 11.3 Å². The number of carbonyl (C=O) groups is 1. The number of benzene rings is 2. The van der Waals surface area contributed by atoms with Gasteiger partial charge < -0.3 is 15.0 Å². The number of nitrogens with zero attached hydrogens (tertiary/aromatic N) is 3. The van der Waals surface area contributed by atoms with Gasteiger partial charge in [0.15, 0.2) is 4.80 Å². The average molecular weight is 420 g/mol. The average Bonchev–Trinajstić information content (AvgIpc) is 3.24. The molecule has 152 valence electrons. The molecule has 7 nitrogen and oxygen atoms in total. The Morgan fingerprint density at radius 2 is 1.97 bits per heavy atom. The van der Waals surface area contributed by atoms with E-state index in [-0.39, 0.29) is 11.5 Å². The van der Waals surface area contributed by atoms with Crippen molar-refractivity contribution >= 4 is 34.2 Å². The van der Waals surface area contributed by atoms with Crippen molar-refractivity contribution in [1.82, 2.24) is 4.57 Å². The summed E-state index contributed by atoms with van der Waals surface area (Å²) in [7, 11) is 0. The normalized spacial score (nSPS) is 16.6. The van der Waals surface area contributed by atoms with E-state index >= 15 is 0 Å². The summed E-state index contributed by atoms with van der Waals surface area (Å²) in [6.07, 6.45) is 0. The van der Waals surface area contributed by atoms with Gasteiger partial charge >= 0.3 is 0 Å². The lowest BCUT2D eigenvalue weighted by Gasteiger charge is -2.25. The van der Waals surface area contributed by atoms with Crippen molar-refractivity contribution in [1.29, 1.82) is 0 Å². The molecule has 8 heteroatoms. The molecule has 2 aromatic carbocycles. The number of nitrogens with one attached hydrogen (secondary N) is 1. The van der Waals surface area contributed by atoms with Crippen LogP contribution in [-0.2, 0) is 11.5 Å². The van der Waals surface area contributed by atoms with Gasteiger partial charge in [0.25, 0.3) is 11.5 Å². The molecule has 1 N–H and O–H groups in total. The molecule has 1 amide bonds. The predicted octanol–water partition coefficient (Wildman–Crippen LogP) is 1.82. The van der Waals surface area contributed by atoms with Crippen molar-refractivity contribution in [2.45, 2.75) is 20.5 Å². The van der Waals surface area contributed by atoms with E-state index in [0.29, 0.717) is 51.9 Å². The van der Waals surface area contributed by atoms with Crippen LogP contribution in [0.25, 0.3) is 5.57 Å². The van der Waals surface area contributed by atoms with Gasteiger partial charge in [-0.3, -0.25) is 14.2 Å². The minimum atomic E-state index is -0.273. The Morgan fingerprint density at radius 1 is 1.17 bits per heavy atom. The Kier molecular flexibility index (Phi) is 4.43. The zero-order chi connectivity index (χ0) is 20.8. The fourth-order valence-electron chi connectivity index (χ4n) is 3.71. The van der Waals surface area contributed by atoms with Crippen LogP contribution in [0.1, 0.15) is 18.1 Å². The highest BCUT2D eigenvalue weighted by atomic mass is 32.1. The smallest absolute Gasteiger partial charge is 0.272 e. The first-order valence-electron chi connectivity index (χ1n) is 9.74. The fourth-order valence-corrected chi connectivity index (χ4v) is 4.77. The number of thiazole rings is 1. The number of amides is 1. The van der Waals surface area contributed by atoms with Gasteiger partial charge in [0.2, 0.25) is 0 Å². The summed E-state index contributed by atoms with van der Waals surface area (Å²) in [6.45, 7) is 5.34. The SMILES string of the molecule is CCOc1ccc2c(c1)/C(=c1/sc3n(c1=O)CN(c1ccc(C)cc1)CN=3)C(=O)N2. The number of fused-ring (bicyclic) bond motifs is 2. The van der Waals surface area contributed by atoms with Crippen LogP contribution in [-0.4, -0.2) is 23.7 Å². The molecule has 0 fully saturated rings. The first kappa shape index (κ1) is 18.6. The van der Waals surface area contributed by atoms with Gasteiger partial charge in [-0.1, -0.05) is 29.0 Å². The second kappa shape index (κ2) is 7.14.